The predicted molar refractivity (Wildman–Crippen MR) is 105 cm³/mol. The van der Waals surface area contributed by atoms with Gasteiger partial charge in [0.25, 0.3) is 5.91 Å². The molecule has 1 atom stereocenters. The van der Waals surface area contributed by atoms with E-state index < -0.39 is 0 Å². The molecule has 0 aliphatic carbocycles. The van der Waals surface area contributed by atoms with E-state index in [0.29, 0.717) is 31.2 Å². The van der Waals surface area contributed by atoms with Gasteiger partial charge in [-0.25, -0.2) is 15.0 Å². The van der Waals surface area contributed by atoms with Crippen LogP contribution >= 0.6 is 0 Å². The molecule has 4 heterocycles. The maximum atomic E-state index is 12.8. The Morgan fingerprint density at radius 1 is 1.24 bits per heavy atom. The molecule has 0 aromatic carbocycles. The normalized spacial score (nSPS) is 16.8. The summed E-state index contributed by atoms with van der Waals surface area (Å²) in [6.07, 6.45) is 2.04. The molecule has 3 aromatic heterocycles. The zero-order chi connectivity index (χ0) is 20.4. The molecule has 1 aliphatic heterocycles. The van der Waals surface area contributed by atoms with E-state index in [1.165, 1.54) is 0 Å². The van der Waals surface area contributed by atoms with Gasteiger partial charge in [-0.1, -0.05) is 18.1 Å². The maximum Gasteiger partial charge on any atom is 0.272 e. The molecule has 150 valence electrons. The van der Waals surface area contributed by atoms with Crippen LogP contribution in [0, 0.1) is 13.8 Å². The first-order valence-corrected chi connectivity index (χ1v) is 9.69. The number of hydrogen-bond donors (Lipinski definition) is 0. The van der Waals surface area contributed by atoms with Crippen LogP contribution in [-0.2, 0) is 11.2 Å². The van der Waals surface area contributed by atoms with Gasteiger partial charge >= 0.3 is 0 Å². The molecule has 8 nitrogen and oxygen atoms in total. The van der Waals surface area contributed by atoms with Crippen molar-refractivity contribution in [3.8, 4) is 11.3 Å². The fraction of sp³-hybridized carbons (Fsp3) is 0.381. The Labute approximate surface area is 168 Å². The second-order valence-electron chi connectivity index (χ2n) is 6.97. The number of carbonyl (C=O) groups is 1. The Morgan fingerprint density at radius 2 is 2.10 bits per heavy atom. The fourth-order valence-electron chi connectivity index (χ4n) is 3.51. The summed E-state index contributed by atoms with van der Waals surface area (Å²) in [5.41, 5.74) is 3.71. The Morgan fingerprint density at radius 3 is 2.90 bits per heavy atom. The third-order valence-electron chi connectivity index (χ3n) is 4.96. The van der Waals surface area contributed by atoms with Gasteiger partial charge in [-0.2, -0.15) is 0 Å². The molecule has 1 amide bonds. The summed E-state index contributed by atoms with van der Waals surface area (Å²) in [4.78, 5) is 27.7. The highest BCUT2D eigenvalue weighted by molar-refractivity contribution is 5.92. The second-order valence-corrected chi connectivity index (χ2v) is 6.97. The van der Waals surface area contributed by atoms with E-state index in [1.807, 2.05) is 32.0 Å². The third kappa shape index (κ3) is 3.88. The number of rotatable bonds is 4. The van der Waals surface area contributed by atoms with Crippen LogP contribution in [0.4, 0.5) is 0 Å². The van der Waals surface area contributed by atoms with Crippen LogP contribution in [-0.4, -0.2) is 50.6 Å². The lowest BCUT2D eigenvalue weighted by atomic mass is 10.1. The van der Waals surface area contributed by atoms with E-state index in [2.05, 4.69) is 15.1 Å². The predicted octanol–water partition coefficient (Wildman–Crippen LogP) is 2.92. The molecule has 0 N–H and O–H groups in total. The van der Waals surface area contributed by atoms with Gasteiger partial charge in [-0.3, -0.25) is 4.79 Å². The molecular weight excluding hydrogens is 370 g/mol. The highest BCUT2D eigenvalue weighted by Gasteiger charge is 2.28. The molecule has 0 bridgehead atoms. The van der Waals surface area contributed by atoms with Crippen molar-refractivity contribution in [2.75, 3.05) is 19.7 Å². The summed E-state index contributed by atoms with van der Waals surface area (Å²) in [5.74, 6) is 1.27. The minimum absolute atomic E-state index is 0.122. The van der Waals surface area contributed by atoms with Gasteiger partial charge < -0.3 is 14.2 Å². The Kier molecular flexibility index (Phi) is 5.35. The summed E-state index contributed by atoms with van der Waals surface area (Å²) in [7, 11) is 0. The fourth-order valence-corrected chi connectivity index (χ4v) is 3.51. The van der Waals surface area contributed by atoms with Crippen molar-refractivity contribution in [1.29, 1.82) is 0 Å². The number of morpholine rings is 1. The highest BCUT2D eigenvalue weighted by Crippen LogP contribution is 2.29. The van der Waals surface area contributed by atoms with E-state index in [9.17, 15) is 4.79 Å². The zero-order valence-corrected chi connectivity index (χ0v) is 16.8. The Bertz CT molecular complexity index is 1030. The lowest BCUT2D eigenvalue weighted by molar-refractivity contribution is -0.0248. The average Bonchev–Trinajstić information content (AvgIpc) is 3.14. The van der Waals surface area contributed by atoms with Gasteiger partial charge in [0, 0.05) is 19.2 Å². The van der Waals surface area contributed by atoms with Crippen molar-refractivity contribution in [2.45, 2.75) is 33.3 Å². The van der Waals surface area contributed by atoms with Crippen LogP contribution in [0.2, 0.25) is 0 Å². The smallest absolute Gasteiger partial charge is 0.272 e. The standard InChI is InChI=1S/C21H23N5O3/c1-4-18-20(13(2)25-29-18)16-7-5-6-15(24-16)19-12-26(10-11-28-19)21(27)17-8-9-22-14(3)23-17/h5-9,19H,4,10-12H2,1-3H3/t19-/m1/s1. The van der Waals surface area contributed by atoms with Gasteiger partial charge in [0.15, 0.2) is 0 Å². The molecule has 4 rings (SSSR count). The number of pyridine rings is 1. The van der Waals surface area contributed by atoms with Crippen LogP contribution in [0.1, 0.15) is 46.5 Å². The zero-order valence-electron chi connectivity index (χ0n) is 16.8. The lowest BCUT2D eigenvalue weighted by Gasteiger charge is -2.32. The first kappa shape index (κ1) is 19.2. The first-order valence-electron chi connectivity index (χ1n) is 9.69. The summed E-state index contributed by atoms with van der Waals surface area (Å²) in [5, 5.41) is 4.07. The topological polar surface area (TPSA) is 94.2 Å². The summed E-state index contributed by atoms with van der Waals surface area (Å²) < 4.78 is 11.3. The maximum absolute atomic E-state index is 12.8. The molecule has 8 heteroatoms. The van der Waals surface area contributed by atoms with Crippen LogP contribution < -0.4 is 0 Å². The molecule has 1 aliphatic rings. The van der Waals surface area contributed by atoms with Gasteiger partial charge in [0.1, 0.15) is 23.4 Å². The number of amides is 1. The largest absolute Gasteiger partial charge is 0.368 e. The molecular formula is C21H23N5O3. The molecule has 0 saturated carbocycles. The average molecular weight is 393 g/mol. The molecule has 0 spiro atoms. The first-order chi connectivity index (χ1) is 14.1. The highest BCUT2D eigenvalue weighted by atomic mass is 16.5. The van der Waals surface area contributed by atoms with Gasteiger partial charge in [0.2, 0.25) is 0 Å². The minimum atomic E-state index is -0.305. The van der Waals surface area contributed by atoms with Crippen molar-refractivity contribution in [3.05, 3.63) is 59.1 Å². The van der Waals surface area contributed by atoms with Gasteiger partial charge in [0.05, 0.1) is 35.8 Å². The molecule has 1 fully saturated rings. The molecule has 1 saturated heterocycles. The molecule has 0 radical (unpaired) electrons. The third-order valence-corrected chi connectivity index (χ3v) is 4.96. The number of aryl methyl sites for hydroxylation is 3. The molecule has 29 heavy (non-hydrogen) atoms. The van der Waals surface area contributed by atoms with Crippen LogP contribution in [0.25, 0.3) is 11.3 Å². The SMILES string of the molecule is CCc1onc(C)c1-c1cccc([C@H]2CN(C(=O)c3ccnc(C)n3)CCO2)n1. The van der Waals surface area contributed by atoms with E-state index >= 15 is 0 Å². The Hall–Kier alpha value is -3.13. The summed E-state index contributed by atoms with van der Waals surface area (Å²) in [6.45, 7) is 7.08. The summed E-state index contributed by atoms with van der Waals surface area (Å²) >= 11 is 0. The van der Waals surface area contributed by atoms with E-state index in [1.54, 1.807) is 24.1 Å². The van der Waals surface area contributed by atoms with Crippen LogP contribution in [0.15, 0.2) is 35.0 Å². The van der Waals surface area contributed by atoms with Crippen molar-refractivity contribution < 1.29 is 14.1 Å². The summed E-state index contributed by atoms with van der Waals surface area (Å²) in [6, 6.07) is 7.45. The van der Waals surface area contributed by atoms with Crippen molar-refractivity contribution in [1.82, 2.24) is 25.0 Å². The number of hydrogen-bond acceptors (Lipinski definition) is 7. The lowest BCUT2D eigenvalue weighted by Crippen LogP contribution is -2.42. The number of ether oxygens (including phenoxy) is 1. The minimum Gasteiger partial charge on any atom is -0.368 e. The number of aromatic nitrogens is 4. The quantitative estimate of drug-likeness (QED) is 0.672. The van der Waals surface area contributed by atoms with Crippen molar-refractivity contribution in [3.63, 3.8) is 0 Å². The number of carbonyl (C=O) groups excluding carboxylic acids is 1. The van der Waals surface area contributed by atoms with Gasteiger partial charge in [-0.15, -0.1) is 0 Å². The molecule has 3 aromatic rings. The second kappa shape index (κ2) is 8.08. The van der Waals surface area contributed by atoms with Crippen LogP contribution in [0.3, 0.4) is 0 Å². The monoisotopic (exact) mass is 393 g/mol. The van der Waals surface area contributed by atoms with E-state index in [4.69, 9.17) is 14.2 Å². The van der Waals surface area contributed by atoms with Crippen molar-refractivity contribution >= 4 is 5.91 Å². The van der Waals surface area contributed by atoms with Gasteiger partial charge in [-0.05, 0) is 32.0 Å². The van der Waals surface area contributed by atoms with Crippen LogP contribution in [0.5, 0.6) is 0 Å². The van der Waals surface area contributed by atoms with E-state index in [-0.39, 0.29) is 12.0 Å². The Balaban J connectivity index is 1.57. The molecule has 0 unspecified atom stereocenters. The van der Waals surface area contributed by atoms with Crippen molar-refractivity contribution in [2.24, 2.45) is 0 Å². The van der Waals surface area contributed by atoms with E-state index in [0.717, 1.165) is 34.8 Å². The number of nitrogens with zero attached hydrogens (tertiary/aromatic N) is 5.